The van der Waals surface area contributed by atoms with Crippen molar-refractivity contribution in [3.05, 3.63) is 23.2 Å². The molecule has 102 valence electrons. The number of carbonyl (C=O) groups excluding carboxylic acids is 1. The number of pyridine rings is 1. The Morgan fingerprint density at radius 3 is 2.95 bits per heavy atom. The molecule has 19 heavy (non-hydrogen) atoms. The molecule has 5 nitrogen and oxygen atoms in total. The van der Waals surface area contributed by atoms with Crippen LogP contribution in [0.4, 0.5) is 5.69 Å². The number of likely N-dealkylation sites (N-methyl/N-ethyl adjacent to an activating group) is 1. The Morgan fingerprint density at radius 1 is 1.58 bits per heavy atom. The first-order valence-electron chi connectivity index (χ1n) is 6.07. The number of anilines is 1. The van der Waals surface area contributed by atoms with Crippen LogP contribution in [0.2, 0.25) is 0 Å². The fourth-order valence-electron chi connectivity index (χ4n) is 2.00. The monoisotopic (exact) mass is 278 g/mol. The van der Waals surface area contributed by atoms with E-state index < -0.39 is 0 Å². The van der Waals surface area contributed by atoms with Gasteiger partial charge in [0.2, 0.25) is 0 Å². The molecule has 0 aromatic carbocycles. The summed E-state index contributed by atoms with van der Waals surface area (Å²) in [6, 6.07) is 3.77. The Labute approximate surface area is 116 Å². The zero-order valence-electron chi connectivity index (χ0n) is 11.3. The van der Waals surface area contributed by atoms with Crippen LogP contribution in [0.25, 0.3) is 10.2 Å². The third kappa shape index (κ3) is 3.02. The second-order valence-electron chi connectivity index (χ2n) is 4.84. The first kappa shape index (κ1) is 13.8. The molecule has 0 aliphatic carbocycles. The number of nitrogens with zero attached hydrogens (tertiary/aromatic N) is 2. The third-order valence-corrected chi connectivity index (χ3v) is 3.86. The minimum Gasteiger partial charge on any atom is -0.397 e. The van der Waals surface area contributed by atoms with E-state index in [1.54, 1.807) is 6.20 Å². The van der Waals surface area contributed by atoms with Crippen LogP contribution in [0, 0.1) is 0 Å². The van der Waals surface area contributed by atoms with Gasteiger partial charge in [0.25, 0.3) is 5.91 Å². The SMILES string of the molecule is CC(CN(C)C)NC(=O)c1sc2ncccc2c1N. The van der Waals surface area contributed by atoms with Crippen LogP contribution < -0.4 is 11.1 Å². The predicted molar refractivity (Wildman–Crippen MR) is 79.5 cm³/mol. The number of aromatic nitrogens is 1. The molecule has 0 aliphatic rings. The van der Waals surface area contributed by atoms with Gasteiger partial charge in [-0.15, -0.1) is 11.3 Å². The lowest BCUT2D eigenvalue weighted by atomic mass is 10.2. The van der Waals surface area contributed by atoms with Crippen LogP contribution >= 0.6 is 11.3 Å². The molecule has 0 bridgehead atoms. The standard InChI is InChI=1S/C13H18N4OS/c1-8(7-17(2)3)16-12(18)11-10(14)9-5-4-6-15-13(9)19-11/h4-6,8H,7,14H2,1-3H3,(H,16,18). The molecule has 0 spiro atoms. The highest BCUT2D eigenvalue weighted by molar-refractivity contribution is 7.21. The van der Waals surface area contributed by atoms with E-state index in [0.29, 0.717) is 10.6 Å². The largest absolute Gasteiger partial charge is 0.397 e. The van der Waals surface area contributed by atoms with Crippen molar-refractivity contribution in [1.29, 1.82) is 0 Å². The Morgan fingerprint density at radius 2 is 2.32 bits per heavy atom. The topological polar surface area (TPSA) is 71.2 Å². The number of amides is 1. The van der Waals surface area contributed by atoms with Gasteiger partial charge in [0, 0.05) is 24.2 Å². The van der Waals surface area contributed by atoms with Crippen molar-refractivity contribution in [1.82, 2.24) is 15.2 Å². The fourth-order valence-corrected chi connectivity index (χ4v) is 2.97. The first-order valence-corrected chi connectivity index (χ1v) is 6.89. The van der Waals surface area contributed by atoms with E-state index in [-0.39, 0.29) is 11.9 Å². The highest BCUT2D eigenvalue weighted by Crippen LogP contribution is 2.31. The van der Waals surface area contributed by atoms with Crippen molar-refractivity contribution in [3.63, 3.8) is 0 Å². The predicted octanol–water partition coefficient (Wildman–Crippen LogP) is 1.56. The normalized spacial score (nSPS) is 12.8. The summed E-state index contributed by atoms with van der Waals surface area (Å²) in [4.78, 5) is 19.8. The second kappa shape index (κ2) is 5.54. The maximum Gasteiger partial charge on any atom is 0.263 e. The summed E-state index contributed by atoms with van der Waals surface area (Å²) in [7, 11) is 3.95. The van der Waals surface area contributed by atoms with E-state index in [1.165, 1.54) is 11.3 Å². The minimum absolute atomic E-state index is 0.0695. The van der Waals surface area contributed by atoms with Crippen molar-refractivity contribution in [2.75, 3.05) is 26.4 Å². The number of carbonyl (C=O) groups is 1. The first-order chi connectivity index (χ1) is 8.99. The van der Waals surface area contributed by atoms with Gasteiger partial charge in [0.15, 0.2) is 0 Å². The molecule has 2 heterocycles. The molecule has 6 heteroatoms. The van der Waals surface area contributed by atoms with Crippen molar-refractivity contribution in [3.8, 4) is 0 Å². The lowest BCUT2D eigenvalue weighted by molar-refractivity contribution is 0.0939. The lowest BCUT2D eigenvalue weighted by Gasteiger charge is -2.17. The summed E-state index contributed by atoms with van der Waals surface area (Å²) < 4.78 is 0. The van der Waals surface area contributed by atoms with Gasteiger partial charge in [0.1, 0.15) is 9.71 Å². The van der Waals surface area contributed by atoms with Crippen LogP contribution in [0.3, 0.4) is 0 Å². The van der Waals surface area contributed by atoms with Crippen LogP contribution in [0.5, 0.6) is 0 Å². The van der Waals surface area contributed by atoms with Crippen molar-refractivity contribution >= 4 is 33.1 Å². The molecule has 2 aromatic rings. The molecule has 0 saturated carbocycles. The van der Waals surface area contributed by atoms with E-state index >= 15 is 0 Å². The van der Waals surface area contributed by atoms with Crippen molar-refractivity contribution in [2.45, 2.75) is 13.0 Å². The van der Waals surface area contributed by atoms with Gasteiger partial charge >= 0.3 is 0 Å². The summed E-state index contributed by atoms with van der Waals surface area (Å²) in [5.41, 5.74) is 6.53. The molecule has 0 radical (unpaired) electrons. The van der Waals surface area contributed by atoms with Gasteiger partial charge in [-0.25, -0.2) is 4.98 Å². The highest BCUT2D eigenvalue weighted by atomic mass is 32.1. The van der Waals surface area contributed by atoms with Crippen LogP contribution in [0.1, 0.15) is 16.6 Å². The van der Waals surface area contributed by atoms with Gasteiger partial charge in [-0.05, 0) is 33.2 Å². The maximum absolute atomic E-state index is 12.2. The van der Waals surface area contributed by atoms with E-state index in [4.69, 9.17) is 5.73 Å². The number of nitrogens with two attached hydrogens (primary N) is 1. The van der Waals surface area contributed by atoms with Crippen molar-refractivity contribution in [2.24, 2.45) is 0 Å². The zero-order valence-corrected chi connectivity index (χ0v) is 12.1. The fraction of sp³-hybridized carbons (Fsp3) is 0.385. The van der Waals surface area contributed by atoms with Crippen LogP contribution in [0.15, 0.2) is 18.3 Å². The maximum atomic E-state index is 12.2. The minimum atomic E-state index is -0.130. The lowest BCUT2D eigenvalue weighted by Crippen LogP contribution is -2.39. The summed E-state index contributed by atoms with van der Waals surface area (Å²) in [5.74, 6) is -0.130. The smallest absolute Gasteiger partial charge is 0.263 e. The third-order valence-electron chi connectivity index (χ3n) is 2.73. The summed E-state index contributed by atoms with van der Waals surface area (Å²) in [6.45, 7) is 2.76. The van der Waals surface area contributed by atoms with Crippen LogP contribution in [-0.2, 0) is 0 Å². The number of fused-ring (bicyclic) bond motifs is 1. The molecule has 0 aliphatic heterocycles. The summed E-state index contributed by atoms with van der Waals surface area (Å²) >= 11 is 1.33. The van der Waals surface area contributed by atoms with E-state index in [0.717, 1.165) is 16.8 Å². The average molecular weight is 278 g/mol. The Bertz CT molecular complexity index is 593. The number of hydrogen-bond donors (Lipinski definition) is 2. The molecular weight excluding hydrogens is 260 g/mol. The number of thiophene rings is 1. The van der Waals surface area contributed by atoms with Gasteiger partial charge in [-0.3, -0.25) is 4.79 Å². The van der Waals surface area contributed by atoms with Gasteiger partial charge < -0.3 is 16.0 Å². The second-order valence-corrected chi connectivity index (χ2v) is 5.84. The number of nitrogens with one attached hydrogen (secondary N) is 1. The van der Waals surface area contributed by atoms with E-state index in [2.05, 4.69) is 10.3 Å². The van der Waals surface area contributed by atoms with Crippen molar-refractivity contribution < 1.29 is 4.79 Å². The Kier molecular flexibility index (Phi) is 4.01. The molecular formula is C13H18N4OS. The molecule has 1 unspecified atom stereocenters. The van der Waals surface area contributed by atoms with E-state index in [1.807, 2.05) is 38.1 Å². The molecule has 0 fully saturated rings. The molecule has 3 N–H and O–H groups in total. The molecule has 2 aromatic heterocycles. The number of hydrogen-bond acceptors (Lipinski definition) is 5. The quantitative estimate of drug-likeness (QED) is 0.890. The number of rotatable bonds is 4. The molecule has 1 atom stereocenters. The Hall–Kier alpha value is -1.66. The highest BCUT2D eigenvalue weighted by Gasteiger charge is 2.18. The summed E-state index contributed by atoms with van der Waals surface area (Å²) in [6.07, 6.45) is 1.70. The Balaban J connectivity index is 2.20. The van der Waals surface area contributed by atoms with Gasteiger partial charge in [-0.2, -0.15) is 0 Å². The van der Waals surface area contributed by atoms with Gasteiger partial charge in [0.05, 0.1) is 5.69 Å². The molecule has 0 saturated heterocycles. The molecule has 2 rings (SSSR count). The zero-order chi connectivity index (χ0) is 14.0. The van der Waals surface area contributed by atoms with Crippen LogP contribution in [-0.4, -0.2) is 42.5 Å². The average Bonchev–Trinajstić information content (AvgIpc) is 2.66. The molecule has 1 amide bonds. The number of nitrogen functional groups attached to an aromatic ring is 1. The van der Waals surface area contributed by atoms with E-state index in [9.17, 15) is 4.79 Å². The van der Waals surface area contributed by atoms with Gasteiger partial charge in [-0.1, -0.05) is 0 Å². The summed E-state index contributed by atoms with van der Waals surface area (Å²) in [5, 5.41) is 3.80.